The third kappa shape index (κ3) is 3.25. The van der Waals surface area contributed by atoms with Crippen LogP contribution in [-0.4, -0.2) is 35.1 Å². The lowest BCUT2D eigenvalue weighted by atomic mass is 10.1. The molecule has 0 saturated heterocycles. The van der Waals surface area contributed by atoms with E-state index in [1.165, 1.54) is 10.4 Å². The minimum absolute atomic E-state index is 0.0449. The summed E-state index contributed by atoms with van der Waals surface area (Å²) in [5.74, 6) is 0.803. The number of carbonyl (C=O) groups is 1. The lowest BCUT2D eigenvalue weighted by Crippen LogP contribution is -2.16. The Morgan fingerprint density at radius 1 is 1.25 bits per heavy atom. The van der Waals surface area contributed by atoms with E-state index in [1.807, 2.05) is 16.5 Å². The highest BCUT2D eigenvalue weighted by atomic mass is 32.1. The van der Waals surface area contributed by atoms with E-state index in [0.717, 1.165) is 35.6 Å². The number of hydrogen-bond acceptors (Lipinski definition) is 6. The largest absolute Gasteiger partial charge is 0.323 e. The molecule has 0 bridgehead atoms. The van der Waals surface area contributed by atoms with Crippen molar-refractivity contribution in [2.75, 3.05) is 5.32 Å². The van der Waals surface area contributed by atoms with E-state index in [0.29, 0.717) is 11.3 Å². The van der Waals surface area contributed by atoms with Gasteiger partial charge in [-0.2, -0.15) is 5.10 Å². The first-order valence-electron chi connectivity index (χ1n) is 10.6. The highest BCUT2D eigenvalue weighted by molar-refractivity contribution is 7.13. The first-order valence-corrected chi connectivity index (χ1v) is 11.5. The van der Waals surface area contributed by atoms with Crippen LogP contribution < -0.4 is 5.32 Å². The summed E-state index contributed by atoms with van der Waals surface area (Å²) < 4.78 is 3.73. The predicted molar refractivity (Wildman–Crippen MR) is 123 cm³/mol. The number of aromatic nitrogens is 6. The third-order valence-corrected chi connectivity index (χ3v) is 6.96. The second-order valence-corrected chi connectivity index (χ2v) is 9.27. The molecular formula is C23H21N7OS. The van der Waals surface area contributed by atoms with Gasteiger partial charge < -0.3 is 5.32 Å². The monoisotopic (exact) mass is 443 g/mol. The Labute approximate surface area is 187 Å². The normalized spacial score (nSPS) is 14.8. The van der Waals surface area contributed by atoms with Gasteiger partial charge in [-0.3, -0.25) is 9.20 Å². The summed E-state index contributed by atoms with van der Waals surface area (Å²) in [6.45, 7) is 4.15. The molecule has 1 N–H and O–H groups in total. The molecule has 0 aliphatic heterocycles. The maximum Gasteiger partial charge on any atom is 0.227 e. The lowest BCUT2D eigenvalue weighted by molar-refractivity contribution is -0.117. The Hall–Kier alpha value is -3.59. The summed E-state index contributed by atoms with van der Waals surface area (Å²) in [6, 6.07) is 8.15. The molecule has 6 rings (SSSR count). The number of aryl methyl sites for hydroxylation is 1. The summed E-state index contributed by atoms with van der Waals surface area (Å²) in [5, 5.41) is 18.8. The Balaban J connectivity index is 1.41. The number of fused-ring (bicyclic) bond motifs is 2. The van der Waals surface area contributed by atoms with Crippen LogP contribution in [0.2, 0.25) is 0 Å². The maximum atomic E-state index is 12.4. The highest BCUT2D eigenvalue weighted by Crippen LogP contribution is 2.32. The van der Waals surface area contributed by atoms with Gasteiger partial charge in [-0.05, 0) is 61.9 Å². The molecule has 160 valence electrons. The number of pyridine rings is 1. The molecule has 1 saturated carbocycles. The fourth-order valence-corrected chi connectivity index (χ4v) is 4.78. The van der Waals surface area contributed by atoms with Crippen LogP contribution in [-0.2, 0) is 4.79 Å². The number of nitrogens with zero attached hydrogens (tertiary/aromatic N) is 6. The van der Waals surface area contributed by atoms with Crippen LogP contribution in [0.1, 0.15) is 42.8 Å². The molecule has 1 fully saturated rings. The molecule has 9 heteroatoms. The van der Waals surface area contributed by atoms with Crippen LogP contribution in [0.3, 0.4) is 0 Å². The Bertz CT molecular complexity index is 1480. The molecular weight excluding hydrogens is 422 g/mol. The molecule has 5 heterocycles. The van der Waals surface area contributed by atoms with Gasteiger partial charge >= 0.3 is 0 Å². The van der Waals surface area contributed by atoms with Gasteiger partial charge in [-0.25, -0.2) is 9.50 Å². The van der Waals surface area contributed by atoms with E-state index >= 15 is 0 Å². The van der Waals surface area contributed by atoms with Crippen LogP contribution in [0.5, 0.6) is 0 Å². The molecule has 1 unspecified atom stereocenters. The summed E-state index contributed by atoms with van der Waals surface area (Å²) in [7, 11) is 0. The molecule has 8 nitrogen and oxygen atoms in total. The van der Waals surface area contributed by atoms with Crippen LogP contribution in [0.25, 0.3) is 21.7 Å². The zero-order valence-electron chi connectivity index (χ0n) is 17.7. The molecule has 0 aromatic carbocycles. The first-order chi connectivity index (χ1) is 15.6. The number of amides is 1. The molecule has 5 aromatic rings. The van der Waals surface area contributed by atoms with Crippen molar-refractivity contribution in [3.63, 3.8) is 0 Å². The minimum Gasteiger partial charge on any atom is -0.323 e. The van der Waals surface area contributed by atoms with E-state index in [4.69, 9.17) is 5.10 Å². The lowest BCUT2D eigenvalue weighted by Gasteiger charge is -2.13. The van der Waals surface area contributed by atoms with E-state index in [-0.39, 0.29) is 17.7 Å². The summed E-state index contributed by atoms with van der Waals surface area (Å²) >= 11 is 1.72. The Kier molecular flexibility index (Phi) is 4.32. The van der Waals surface area contributed by atoms with Gasteiger partial charge in [-0.1, -0.05) is 0 Å². The number of nitrogens with one attached hydrogen (secondary N) is 1. The van der Waals surface area contributed by atoms with Crippen molar-refractivity contribution >= 4 is 34.2 Å². The topological polar surface area (TPSA) is 89.5 Å². The maximum absolute atomic E-state index is 12.4. The quantitative estimate of drug-likeness (QED) is 0.437. The second-order valence-electron chi connectivity index (χ2n) is 8.36. The smallest absolute Gasteiger partial charge is 0.227 e. The SMILES string of the molecule is Cc1csc(-c2ccc3nnc(C(C)c4cc(NC(=O)C5CC5)c5nccn5n4)n3c2)c1. The van der Waals surface area contributed by atoms with Gasteiger partial charge in [0.25, 0.3) is 0 Å². The first kappa shape index (κ1) is 19.1. The summed E-state index contributed by atoms with van der Waals surface area (Å²) in [5.41, 5.74) is 5.26. The average molecular weight is 444 g/mol. The van der Waals surface area contributed by atoms with E-state index in [1.54, 1.807) is 28.2 Å². The van der Waals surface area contributed by atoms with Gasteiger partial charge in [-0.15, -0.1) is 21.5 Å². The molecule has 0 radical (unpaired) electrons. The molecule has 1 atom stereocenters. The minimum atomic E-state index is -0.145. The molecule has 1 amide bonds. The number of rotatable bonds is 5. The van der Waals surface area contributed by atoms with Crippen LogP contribution in [0.15, 0.2) is 48.2 Å². The van der Waals surface area contributed by atoms with Gasteiger partial charge in [0.1, 0.15) is 5.82 Å². The fraction of sp³-hybridized carbons (Fsp3) is 0.261. The van der Waals surface area contributed by atoms with E-state index in [2.05, 4.69) is 58.1 Å². The second kappa shape index (κ2) is 7.23. The molecule has 32 heavy (non-hydrogen) atoms. The number of thiophene rings is 1. The van der Waals surface area contributed by atoms with Crippen LogP contribution >= 0.6 is 11.3 Å². The van der Waals surface area contributed by atoms with Gasteiger partial charge in [0.2, 0.25) is 5.91 Å². The zero-order chi connectivity index (χ0) is 21.8. The highest BCUT2D eigenvalue weighted by Gasteiger charge is 2.30. The number of carbonyl (C=O) groups excluding carboxylic acids is 1. The number of imidazole rings is 1. The van der Waals surface area contributed by atoms with Crippen LogP contribution in [0, 0.1) is 12.8 Å². The summed E-state index contributed by atoms with van der Waals surface area (Å²) in [6.07, 6.45) is 7.45. The standard InChI is InChI=1S/C23H21N7OS/c1-13-9-19(32-12-13)16-5-6-20-26-27-21(29(20)11-16)14(2)17-10-18(25-23(31)15-3-4-15)22-24-7-8-30(22)28-17/h5-12,14-15H,3-4H2,1-2H3,(H,25,31). The number of anilines is 1. The van der Waals surface area contributed by atoms with Crippen molar-refractivity contribution in [1.29, 1.82) is 0 Å². The predicted octanol–water partition coefficient (Wildman–Crippen LogP) is 4.31. The third-order valence-electron chi connectivity index (χ3n) is 5.86. The van der Waals surface area contributed by atoms with Crippen molar-refractivity contribution in [3.05, 3.63) is 65.3 Å². The fourth-order valence-electron chi connectivity index (χ4n) is 3.88. The van der Waals surface area contributed by atoms with E-state index < -0.39 is 0 Å². The van der Waals surface area contributed by atoms with Gasteiger partial charge in [0.15, 0.2) is 11.3 Å². The molecule has 5 aromatic heterocycles. The molecule has 0 spiro atoms. The van der Waals surface area contributed by atoms with Crippen molar-refractivity contribution in [2.45, 2.75) is 32.6 Å². The van der Waals surface area contributed by atoms with Crippen molar-refractivity contribution < 1.29 is 4.79 Å². The Morgan fingerprint density at radius 2 is 2.12 bits per heavy atom. The molecule has 1 aliphatic carbocycles. The van der Waals surface area contributed by atoms with Gasteiger partial charge in [0.05, 0.1) is 17.3 Å². The van der Waals surface area contributed by atoms with Crippen LogP contribution in [0.4, 0.5) is 5.69 Å². The van der Waals surface area contributed by atoms with Crippen molar-refractivity contribution in [2.24, 2.45) is 5.92 Å². The summed E-state index contributed by atoms with van der Waals surface area (Å²) in [4.78, 5) is 18.0. The zero-order valence-corrected chi connectivity index (χ0v) is 18.5. The van der Waals surface area contributed by atoms with E-state index in [9.17, 15) is 4.79 Å². The van der Waals surface area contributed by atoms with Crippen molar-refractivity contribution in [1.82, 2.24) is 29.2 Å². The van der Waals surface area contributed by atoms with Gasteiger partial charge in [0, 0.05) is 34.9 Å². The molecule has 1 aliphatic rings. The average Bonchev–Trinajstić information content (AvgIpc) is 3.18. The van der Waals surface area contributed by atoms with Crippen molar-refractivity contribution in [3.8, 4) is 10.4 Å². The number of hydrogen-bond donors (Lipinski definition) is 1. The Morgan fingerprint density at radius 3 is 2.91 bits per heavy atom.